The molecule has 1 unspecified atom stereocenters. The van der Waals surface area contributed by atoms with Crippen LogP contribution >= 0.6 is 0 Å². The first-order chi connectivity index (χ1) is 10.2. The largest absolute Gasteiger partial charge is 0.379 e. The highest BCUT2D eigenvalue weighted by Gasteiger charge is 2.33. The zero-order chi connectivity index (χ0) is 15.1. The number of morpholine rings is 1. The number of hydrogen-bond donors (Lipinski definition) is 1. The lowest BCUT2D eigenvalue weighted by Crippen LogP contribution is -2.42. The minimum absolute atomic E-state index is 0.0237. The molecule has 0 aromatic carbocycles. The van der Waals surface area contributed by atoms with Crippen LogP contribution in [0.1, 0.15) is 26.2 Å². The molecule has 1 atom stereocenters. The molecule has 2 saturated heterocycles. The minimum Gasteiger partial charge on any atom is -0.379 e. The second-order valence-electron chi connectivity index (χ2n) is 5.84. The van der Waals surface area contributed by atoms with E-state index in [0.29, 0.717) is 19.5 Å². The molecule has 0 aliphatic carbocycles. The first-order valence-corrected chi connectivity index (χ1v) is 8.06. The lowest BCUT2D eigenvalue weighted by molar-refractivity contribution is -0.129. The Hall–Kier alpha value is -1.14. The molecule has 2 amide bonds. The predicted molar refractivity (Wildman–Crippen MR) is 79.9 cm³/mol. The molecule has 0 radical (unpaired) electrons. The van der Waals surface area contributed by atoms with Crippen molar-refractivity contribution in [2.24, 2.45) is 5.92 Å². The molecule has 0 spiro atoms. The topological polar surface area (TPSA) is 61.9 Å². The van der Waals surface area contributed by atoms with Gasteiger partial charge >= 0.3 is 0 Å². The van der Waals surface area contributed by atoms with Gasteiger partial charge in [0.1, 0.15) is 0 Å². The summed E-state index contributed by atoms with van der Waals surface area (Å²) in [6.07, 6.45) is 2.45. The van der Waals surface area contributed by atoms with Gasteiger partial charge in [0, 0.05) is 45.7 Å². The maximum Gasteiger partial charge on any atom is 0.225 e. The summed E-state index contributed by atoms with van der Waals surface area (Å²) in [6, 6.07) is 0. The molecule has 2 aliphatic rings. The molecule has 2 heterocycles. The third-order valence-corrected chi connectivity index (χ3v) is 4.20. The molecular formula is C15H27N3O3. The van der Waals surface area contributed by atoms with Crippen LogP contribution in [0.5, 0.6) is 0 Å². The van der Waals surface area contributed by atoms with Crippen molar-refractivity contribution >= 4 is 11.8 Å². The van der Waals surface area contributed by atoms with Crippen molar-refractivity contribution in [2.75, 3.05) is 52.5 Å². The van der Waals surface area contributed by atoms with Gasteiger partial charge in [-0.3, -0.25) is 14.5 Å². The van der Waals surface area contributed by atoms with Crippen LogP contribution in [-0.2, 0) is 14.3 Å². The highest BCUT2D eigenvalue weighted by Crippen LogP contribution is 2.18. The van der Waals surface area contributed by atoms with Gasteiger partial charge < -0.3 is 15.0 Å². The Labute approximate surface area is 126 Å². The van der Waals surface area contributed by atoms with Gasteiger partial charge in [0.2, 0.25) is 11.8 Å². The van der Waals surface area contributed by atoms with Crippen LogP contribution in [0.3, 0.4) is 0 Å². The monoisotopic (exact) mass is 297 g/mol. The Morgan fingerprint density at radius 3 is 2.81 bits per heavy atom. The van der Waals surface area contributed by atoms with Gasteiger partial charge in [0.05, 0.1) is 19.1 Å². The molecule has 21 heavy (non-hydrogen) atoms. The number of carbonyl (C=O) groups excluding carboxylic acids is 2. The molecule has 0 aromatic rings. The summed E-state index contributed by atoms with van der Waals surface area (Å²) in [5.41, 5.74) is 0. The lowest BCUT2D eigenvalue weighted by atomic mass is 10.1. The van der Waals surface area contributed by atoms with Crippen LogP contribution in [0.15, 0.2) is 0 Å². The molecule has 0 saturated carbocycles. The van der Waals surface area contributed by atoms with Gasteiger partial charge in [-0.25, -0.2) is 0 Å². The molecule has 2 fully saturated rings. The fraction of sp³-hybridized carbons (Fsp3) is 0.867. The van der Waals surface area contributed by atoms with Crippen LogP contribution < -0.4 is 5.32 Å². The molecule has 0 aromatic heterocycles. The van der Waals surface area contributed by atoms with Crippen LogP contribution in [0.4, 0.5) is 0 Å². The first kappa shape index (κ1) is 16.2. The molecule has 1 N–H and O–H groups in total. The maximum absolute atomic E-state index is 12.1. The molecule has 6 nitrogen and oxygen atoms in total. The number of ether oxygens (including phenoxy) is 1. The summed E-state index contributed by atoms with van der Waals surface area (Å²) in [4.78, 5) is 28.1. The summed E-state index contributed by atoms with van der Waals surface area (Å²) in [5.74, 6) is -0.0218. The van der Waals surface area contributed by atoms with E-state index in [1.807, 2.05) is 4.90 Å². The van der Waals surface area contributed by atoms with Gasteiger partial charge in [-0.15, -0.1) is 0 Å². The Balaban J connectivity index is 1.65. The molecule has 120 valence electrons. The van der Waals surface area contributed by atoms with E-state index in [-0.39, 0.29) is 17.7 Å². The van der Waals surface area contributed by atoms with Crippen LogP contribution in [0.25, 0.3) is 0 Å². The Bertz CT molecular complexity index is 356. The molecule has 6 heteroatoms. The zero-order valence-electron chi connectivity index (χ0n) is 13.0. The van der Waals surface area contributed by atoms with Crippen LogP contribution in [-0.4, -0.2) is 74.1 Å². The smallest absolute Gasteiger partial charge is 0.225 e. The van der Waals surface area contributed by atoms with Crippen molar-refractivity contribution in [3.8, 4) is 0 Å². The normalized spacial score (nSPS) is 23.6. The second-order valence-corrected chi connectivity index (χ2v) is 5.84. The first-order valence-electron chi connectivity index (χ1n) is 8.06. The number of nitrogens with one attached hydrogen (secondary N) is 1. The summed E-state index contributed by atoms with van der Waals surface area (Å²) in [6.45, 7) is 8.40. The number of likely N-dealkylation sites (tertiary alicyclic amines) is 1. The van der Waals surface area contributed by atoms with Gasteiger partial charge in [-0.05, 0) is 6.42 Å². The number of carbonyl (C=O) groups is 2. The van der Waals surface area contributed by atoms with E-state index in [1.54, 1.807) is 0 Å². The van der Waals surface area contributed by atoms with Gasteiger partial charge in [0.25, 0.3) is 0 Å². The zero-order valence-corrected chi connectivity index (χ0v) is 13.0. The predicted octanol–water partition coefficient (Wildman–Crippen LogP) is 0.0834. The molecule has 2 aliphatic heterocycles. The van der Waals surface area contributed by atoms with Crippen molar-refractivity contribution in [1.82, 2.24) is 15.1 Å². The summed E-state index contributed by atoms with van der Waals surface area (Å²) >= 11 is 0. The van der Waals surface area contributed by atoms with Crippen molar-refractivity contribution in [3.63, 3.8) is 0 Å². The highest BCUT2D eigenvalue weighted by molar-refractivity contribution is 5.89. The number of nitrogens with zero attached hydrogens (tertiary/aromatic N) is 2. The van der Waals surface area contributed by atoms with E-state index >= 15 is 0 Å². The van der Waals surface area contributed by atoms with Crippen molar-refractivity contribution < 1.29 is 14.3 Å². The van der Waals surface area contributed by atoms with Crippen molar-refractivity contribution in [3.05, 3.63) is 0 Å². The van der Waals surface area contributed by atoms with Gasteiger partial charge in [0.15, 0.2) is 0 Å². The minimum atomic E-state index is -0.168. The van der Waals surface area contributed by atoms with Crippen LogP contribution in [0.2, 0.25) is 0 Å². The van der Waals surface area contributed by atoms with Gasteiger partial charge in [-0.1, -0.05) is 13.3 Å². The van der Waals surface area contributed by atoms with Crippen molar-refractivity contribution in [1.29, 1.82) is 0 Å². The molecule has 2 rings (SSSR count). The Morgan fingerprint density at radius 1 is 1.33 bits per heavy atom. The second kappa shape index (κ2) is 8.34. The Morgan fingerprint density at radius 2 is 2.10 bits per heavy atom. The summed E-state index contributed by atoms with van der Waals surface area (Å²) in [7, 11) is 0. The number of amides is 2. The Kier molecular flexibility index (Phi) is 6.45. The third-order valence-electron chi connectivity index (χ3n) is 4.20. The van der Waals surface area contributed by atoms with E-state index in [2.05, 4.69) is 17.1 Å². The number of rotatable bonds is 7. The lowest BCUT2D eigenvalue weighted by Gasteiger charge is -2.26. The standard InChI is InChI=1S/C15H27N3O3/c1-2-3-5-18-12-13(11-14(18)19)15(20)16-4-6-17-7-9-21-10-8-17/h13H,2-12H2,1H3,(H,16,20). The van der Waals surface area contributed by atoms with E-state index < -0.39 is 0 Å². The summed E-state index contributed by atoms with van der Waals surface area (Å²) < 4.78 is 5.29. The number of hydrogen-bond acceptors (Lipinski definition) is 4. The van der Waals surface area contributed by atoms with Crippen LogP contribution in [0, 0.1) is 5.92 Å². The fourth-order valence-electron chi connectivity index (χ4n) is 2.82. The van der Waals surface area contributed by atoms with E-state index in [9.17, 15) is 9.59 Å². The van der Waals surface area contributed by atoms with Gasteiger partial charge in [-0.2, -0.15) is 0 Å². The van der Waals surface area contributed by atoms with E-state index in [4.69, 9.17) is 4.74 Å². The van der Waals surface area contributed by atoms with Crippen molar-refractivity contribution in [2.45, 2.75) is 26.2 Å². The number of unbranched alkanes of at least 4 members (excludes halogenated alkanes) is 1. The average molecular weight is 297 g/mol. The maximum atomic E-state index is 12.1. The summed E-state index contributed by atoms with van der Waals surface area (Å²) in [5, 5.41) is 2.97. The third kappa shape index (κ3) is 4.97. The highest BCUT2D eigenvalue weighted by atomic mass is 16.5. The van der Waals surface area contributed by atoms with E-state index in [0.717, 1.165) is 52.2 Å². The molecule has 0 bridgehead atoms. The quantitative estimate of drug-likeness (QED) is 0.723. The average Bonchev–Trinajstić information content (AvgIpc) is 2.87. The SMILES string of the molecule is CCCCN1CC(C(=O)NCCN2CCOCC2)CC1=O. The molecular weight excluding hydrogens is 270 g/mol. The fourth-order valence-corrected chi connectivity index (χ4v) is 2.82. The van der Waals surface area contributed by atoms with E-state index in [1.165, 1.54) is 0 Å².